The smallest absolute Gasteiger partial charge is 0.123 e. The second-order valence-corrected chi connectivity index (χ2v) is 7.25. The molecule has 1 heterocycles. The summed E-state index contributed by atoms with van der Waals surface area (Å²) in [5.41, 5.74) is 2.32. The van der Waals surface area contributed by atoms with E-state index in [2.05, 4.69) is 41.3 Å². The monoisotopic (exact) mass is 393 g/mol. The van der Waals surface area contributed by atoms with Crippen molar-refractivity contribution in [1.82, 2.24) is 4.90 Å². The van der Waals surface area contributed by atoms with Gasteiger partial charge >= 0.3 is 0 Å². The highest BCUT2D eigenvalue weighted by molar-refractivity contribution is 5.84. The molecule has 1 aliphatic heterocycles. The van der Waals surface area contributed by atoms with E-state index in [1.165, 1.54) is 10.9 Å². The number of nitrogens with zero attached hydrogens (tertiary/aromatic N) is 1. The molecule has 0 radical (unpaired) electrons. The van der Waals surface area contributed by atoms with Gasteiger partial charge in [-0.25, -0.2) is 0 Å². The lowest BCUT2D eigenvalue weighted by molar-refractivity contribution is -0.0330. The summed E-state index contributed by atoms with van der Waals surface area (Å²) in [4.78, 5) is 2.40. The molecule has 1 saturated heterocycles. The van der Waals surface area contributed by atoms with Gasteiger partial charge in [0, 0.05) is 25.2 Å². The van der Waals surface area contributed by atoms with Crippen LogP contribution in [0.2, 0.25) is 0 Å². The molecule has 0 spiro atoms. The molecule has 4 rings (SSSR count). The fraction of sp³-hybridized carbons (Fsp3) is 0.333. The molecule has 5 heteroatoms. The molecular formula is C24H27NO4. The number of morpholine rings is 1. The summed E-state index contributed by atoms with van der Waals surface area (Å²) in [5, 5.41) is 11.4. The van der Waals surface area contributed by atoms with Gasteiger partial charge in [0.1, 0.15) is 18.1 Å². The van der Waals surface area contributed by atoms with Crippen LogP contribution in [0.15, 0.2) is 60.7 Å². The first-order valence-electron chi connectivity index (χ1n) is 10.00. The van der Waals surface area contributed by atoms with Crippen LogP contribution in [0.25, 0.3) is 10.8 Å². The molecule has 0 bridgehead atoms. The molecule has 1 unspecified atom stereocenters. The van der Waals surface area contributed by atoms with Crippen molar-refractivity contribution in [2.45, 2.75) is 12.6 Å². The van der Waals surface area contributed by atoms with Crippen molar-refractivity contribution in [3.05, 3.63) is 71.8 Å². The first-order valence-corrected chi connectivity index (χ1v) is 10.00. The SMILES string of the molecule is COc1ccc2cc(C3CN(Cc4ccccc4OCCO)CCO3)ccc2c1. The first-order chi connectivity index (χ1) is 14.3. The zero-order valence-corrected chi connectivity index (χ0v) is 16.7. The fourth-order valence-corrected chi connectivity index (χ4v) is 3.79. The van der Waals surface area contributed by atoms with E-state index < -0.39 is 0 Å². The van der Waals surface area contributed by atoms with Crippen LogP contribution >= 0.6 is 0 Å². The van der Waals surface area contributed by atoms with E-state index in [1.807, 2.05) is 24.3 Å². The lowest BCUT2D eigenvalue weighted by Crippen LogP contribution is -2.37. The average Bonchev–Trinajstić information content (AvgIpc) is 2.78. The van der Waals surface area contributed by atoms with E-state index in [0.29, 0.717) is 13.2 Å². The minimum atomic E-state index is 0.0157. The zero-order chi connectivity index (χ0) is 20.1. The van der Waals surface area contributed by atoms with Crippen molar-refractivity contribution in [1.29, 1.82) is 0 Å². The number of aliphatic hydroxyl groups excluding tert-OH is 1. The van der Waals surface area contributed by atoms with Crippen molar-refractivity contribution in [3.63, 3.8) is 0 Å². The number of methoxy groups -OCH3 is 1. The molecule has 1 atom stereocenters. The summed E-state index contributed by atoms with van der Waals surface area (Å²) in [6.07, 6.45) is 0.0424. The summed E-state index contributed by atoms with van der Waals surface area (Å²) in [5.74, 6) is 1.71. The van der Waals surface area contributed by atoms with Crippen LogP contribution in [0.5, 0.6) is 11.5 Å². The second-order valence-electron chi connectivity index (χ2n) is 7.25. The summed E-state index contributed by atoms with van der Waals surface area (Å²) >= 11 is 0. The molecule has 0 aliphatic carbocycles. The highest BCUT2D eigenvalue weighted by Gasteiger charge is 2.23. The van der Waals surface area contributed by atoms with Gasteiger partial charge in [0.15, 0.2) is 0 Å². The van der Waals surface area contributed by atoms with Gasteiger partial charge in [0.25, 0.3) is 0 Å². The van der Waals surface area contributed by atoms with Crippen LogP contribution in [-0.2, 0) is 11.3 Å². The Hall–Kier alpha value is -2.60. The normalized spacial score (nSPS) is 17.4. The predicted molar refractivity (Wildman–Crippen MR) is 113 cm³/mol. The molecule has 5 nitrogen and oxygen atoms in total. The number of para-hydroxylation sites is 1. The Balaban J connectivity index is 1.48. The maximum absolute atomic E-state index is 9.05. The molecule has 0 saturated carbocycles. The molecule has 152 valence electrons. The molecule has 0 aromatic heterocycles. The quantitative estimate of drug-likeness (QED) is 0.662. The maximum Gasteiger partial charge on any atom is 0.123 e. The molecule has 1 N–H and O–H groups in total. The van der Waals surface area contributed by atoms with Crippen LogP contribution < -0.4 is 9.47 Å². The Bertz CT molecular complexity index is 959. The van der Waals surface area contributed by atoms with Crippen molar-refractivity contribution in [3.8, 4) is 11.5 Å². The third kappa shape index (κ3) is 4.70. The lowest BCUT2D eigenvalue weighted by atomic mass is 10.0. The fourth-order valence-electron chi connectivity index (χ4n) is 3.79. The van der Waals surface area contributed by atoms with Crippen molar-refractivity contribution < 1.29 is 19.3 Å². The standard InChI is InChI=1S/C24H27NO4/c1-27-22-9-8-18-14-20(7-6-19(18)15-22)24-17-25(10-12-28-24)16-21-4-2-3-5-23(21)29-13-11-26/h2-9,14-15,24,26H,10-13,16-17H2,1H3. The van der Waals surface area contributed by atoms with Gasteiger partial charge in [0.2, 0.25) is 0 Å². The molecule has 1 fully saturated rings. The molecular weight excluding hydrogens is 366 g/mol. The van der Waals surface area contributed by atoms with Crippen LogP contribution in [0, 0.1) is 0 Å². The van der Waals surface area contributed by atoms with Gasteiger partial charge in [-0.15, -0.1) is 0 Å². The highest BCUT2D eigenvalue weighted by Crippen LogP contribution is 2.29. The molecule has 0 amide bonds. The molecule has 29 heavy (non-hydrogen) atoms. The molecule has 1 aliphatic rings. The number of ether oxygens (including phenoxy) is 3. The first kappa shape index (κ1) is 19.7. The largest absolute Gasteiger partial charge is 0.497 e. The van der Waals surface area contributed by atoms with Gasteiger partial charge in [0.05, 0.1) is 26.4 Å². The summed E-state index contributed by atoms with van der Waals surface area (Å²) < 4.78 is 17.1. The number of hydrogen-bond acceptors (Lipinski definition) is 5. The van der Waals surface area contributed by atoms with Gasteiger partial charge in [-0.3, -0.25) is 4.90 Å². The van der Waals surface area contributed by atoms with Gasteiger partial charge in [-0.1, -0.05) is 36.4 Å². The average molecular weight is 393 g/mol. The van der Waals surface area contributed by atoms with E-state index in [0.717, 1.165) is 42.1 Å². The maximum atomic E-state index is 9.05. The van der Waals surface area contributed by atoms with Crippen molar-refractivity contribution in [2.24, 2.45) is 0 Å². The predicted octanol–water partition coefficient (Wildman–Crippen LogP) is 3.79. The third-order valence-corrected chi connectivity index (χ3v) is 5.31. The van der Waals surface area contributed by atoms with E-state index in [1.54, 1.807) is 7.11 Å². The van der Waals surface area contributed by atoms with E-state index >= 15 is 0 Å². The summed E-state index contributed by atoms with van der Waals surface area (Å²) in [6.45, 7) is 3.54. The minimum Gasteiger partial charge on any atom is -0.497 e. The minimum absolute atomic E-state index is 0.0157. The van der Waals surface area contributed by atoms with Crippen LogP contribution in [-0.4, -0.2) is 50.0 Å². The Morgan fingerprint density at radius 3 is 2.76 bits per heavy atom. The second kappa shape index (κ2) is 9.27. The third-order valence-electron chi connectivity index (χ3n) is 5.31. The number of aliphatic hydroxyl groups is 1. The Labute approximate surface area is 171 Å². The number of hydrogen-bond donors (Lipinski definition) is 1. The van der Waals surface area contributed by atoms with Crippen molar-refractivity contribution >= 4 is 10.8 Å². The number of fused-ring (bicyclic) bond motifs is 1. The molecule has 3 aromatic carbocycles. The Kier molecular flexibility index (Phi) is 6.30. The summed E-state index contributed by atoms with van der Waals surface area (Å²) in [6, 6.07) is 20.6. The van der Waals surface area contributed by atoms with Gasteiger partial charge in [-0.05, 0) is 40.6 Å². The van der Waals surface area contributed by atoms with Crippen LogP contribution in [0.4, 0.5) is 0 Å². The van der Waals surface area contributed by atoms with E-state index in [9.17, 15) is 0 Å². The van der Waals surface area contributed by atoms with Crippen molar-refractivity contribution in [2.75, 3.05) is 40.0 Å². The zero-order valence-electron chi connectivity index (χ0n) is 16.7. The van der Waals surface area contributed by atoms with Gasteiger partial charge in [-0.2, -0.15) is 0 Å². The number of benzene rings is 3. The van der Waals surface area contributed by atoms with Crippen LogP contribution in [0.1, 0.15) is 17.2 Å². The highest BCUT2D eigenvalue weighted by atomic mass is 16.5. The molecule has 3 aromatic rings. The topological polar surface area (TPSA) is 51.2 Å². The van der Waals surface area contributed by atoms with E-state index in [4.69, 9.17) is 19.3 Å². The lowest BCUT2D eigenvalue weighted by Gasteiger charge is -2.33. The van der Waals surface area contributed by atoms with E-state index in [-0.39, 0.29) is 12.7 Å². The van der Waals surface area contributed by atoms with Crippen LogP contribution in [0.3, 0.4) is 0 Å². The Morgan fingerprint density at radius 2 is 1.90 bits per heavy atom. The summed E-state index contributed by atoms with van der Waals surface area (Å²) in [7, 11) is 1.69. The number of rotatable bonds is 7. The Morgan fingerprint density at radius 1 is 1.07 bits per heavy atom. The van der Waals surface area contributed by atoms with Gasteiger partial charge < -0.3 is 19.3 Å².